The van der Waals surface area contributed by atoms with Crippen LogP contribution in [0.1, 0.15) is 0 Å². The van der Waals surface area contributed by atoms with E-state index < -0.39 is 0 Å². The van der Waals surface area contributed by atoms with E-state index in [1.165, 1.54) is 58.4 Å². The van der Waals surface area contributed by atoms with Crippen LogP contribution in [0.3, 0.4) is 0 Å². The van der Waals surface area contributed by atoms with Crippen LogP contribution in [0, 0.1) is 0 Å². The molecule has 0 bridgehead atoms. The molecule has 2 aromatic heterocycles. The van der Waals surface area contributed by atoms with Gasteiger partial charge in [0.15, 0.2) is 17.5 Å². The van der Waals surface area contributed by atoms with Gasteiger partial charge in [0.2, 0.25) is 0 Å². The Hall–Kier alpha value is -6.49. The van der Waals surface area contributed by atoms with Gasteiger partial charge < -0.3 is 0 Å². The Balaban J connectivity index is 1.11. The molecule has 0 spiro atoms. The summed E-state index contributed by atoms with van der Waals surface area (Å²) in [6.45, 7) is 0. The Morgan fingerprint density at radius 2 is 0.843 bits per heavy atom. The van der Waals surface area contributed by atoms with Gasteiger partial charge >= 0.3 is 0 Å². The van der Waals surface area contributed by atoms with Gasteiger partial charge in [-0.05, 0) is 62.0 Å². The van der Waals surface area contributed by atoms with Gasteiger partial charge in [0.05, 0.1) is 0 Å². The molecular weight excluding hydrogens is 639 g/mol. The zero-order valence-electron chi connectivity index (χ0n) is 27.5. The zero-order chi connectivity index (χ0) is 33.7. The van der Waals surface area contributed by atoms with Crippen molar-refractivity contribution in [3.8, 4) is 56.4 Å². The number of hydrogen-bond acceptors (Lipinski definition) is 4. The molecule has 2 heterocycles. The molecule has 10 aromatic rings. The van der Waals surface area contributed by atoms with Crippen molar-refractivity contribution in [2.75, 3.05) is 0 Å². The van der Waals surface area contributed by atoms with E-state index in [4.69, 9.17) is 15.0 Å². The summed E-state index contributed by atoms with van der Waals surface area (Å²) in [6.07, 6.45) is 0. The Morgan fingerprint density at radius 3 is 1.53 bits per heavy atom. The maximum Gasteiger partial charge on any atom is 0.164 e. The van der Waals surface area contributed by atoms with Gasteiger partial charge in [-0.25, -0.2) is 15.0 Å². The van der Waals surface area contributed by atoms with E-state index in [9.17, 15) is 0 Å². The van der Waals surface area contributed by atoms with Crippen LogP contribution in [-0.2, 0) is 0 Å². The molecule has 10 rings (SSSR count). The standard InChI is InChI=1S/C47H29N3S/c1-3-10-30(11-4-1)31-18-20-32(21-19-31)33-22-25-36(26-23-33)46-48-45(35-13-5-2-6-14-35)49-47(50-46)39-16-9-17-42-44(39)41-29-40-37(28-43(41)51-42)27-24-34-12-7-8-15-38(34)40/h1-29H. The topological polar surface area (TPSA) is 38.7 Å². The normalized spacial score (nSPS) is 11.5. The molecule has 0 aliphatic carbocycles. The lowest BCUT2D eigenvalue weighted by atomic mass is 9.98. The van der Waals surface area contributed by atoms with Gasteiger partial charge in [-0.2, -0.15) is 0 Å². The minimum Gasteiger partial charge on any atom is -0.208 e. The molecule has 0 aliphatic heterocycles. The van der Waals surface area contributed by atoms with Gasteiger partial charge in [0.1, 0.15) is 0 Å². The first kappa shape index (κ1) is 29.4. The fraction of sp³-hybridized carbons (Fsp3) is 0. The van der Waals surface area contributed by atoms with Gasteiger partial charge in [0.25, 0.3) is 0 Å². The van der Waals surface area contributed by atoms with Crippen LogP contribution < -0.4 is 0 Å². The van der Waals surface area contributed by atoms with E-state index in [0.29, 0.717) is 17.5 Å². The Morgan fingerprint density at radius 1 is 0.314 bits per heavy atom. The summed E-state index contributed by atoms with van der Waals surface area (Å²) in [5.41, 5.74) is 7.64. The van der Waals surface area contributed by atoms with Crippen molar-refractivity contribution >= 4 is 53.1 Å². The maximum absolute atomic E-state index is 5.18. The van der Waals surface area contributed by atoms with Gasteiger partial charge in [0, 0.05) is 36.9 Å². The number of nitrogens with zero attached hydrogens (tertiary/aromatic N) is 3. The average molecular weight is 668 g/mol. The molecule has 51 heavy (non-hydrogen) atoms. The highest BCUT2D eigenvalue weighted by Gasteiger charge is 2.18. The molecule has 238 valence electrons. The molecular formula is C47H29N3S. The summed E-state index contributed by atoms with van der Waals surface area (Å²) in [5, 5.41) is 7.41. The van der Waals surface area contributed by atoms with Crippen LogP contribution in [0.25, 0.3) is 98.1 Å². The van der Waals surface area contributed by atoms with E-state index in [-0.39, 0.29) is 0 Å². The zero-order valence-corrected chi connectivity index (χ0v) is 28.3. The van der Waals surface area contributed by atoms with Crippen molar-refractivity contribution in [1.82, 2.24) is 15.0 Å². The van der Waals surface area contributed by atoms with E-state index in [1.807, 2.05) is 35.6 Å². The van der Waals surface area contributed by atoms with Crippen molar-refractivity contribution in [1.29, 1.82) is 0 Å². The third-order valence-corrected chi connectivity index (χ3v) is 10.9. The fourth-order valence-corrected chi connectivity index (χ4v) is 8.31. The van der Waals surface area contributed by atoms with Crippen molar-refractivity contribution in [2.24, 2.45) is 0 Å². The second-order valence-corrected chi connectivity index (χ2v) is 13.9. The molecule has 0 saturated heterocycles. The monoisotopic (exact) mass is 667 g/mol. The average Bonchev–Trinajstić information content (AvgIpc) is 3.58. The molecule has 0 radical (unpaired) electrons. The highest BCUT2D eigenvalue weighted by molar-refractivity contribution is 7.26. The molecule has 0 atom stereocenters. The first-order valence-electron chi connectivity index (χ1n) is 17.1. The highest BCUT2D eigenvalue weighted by atomic mass is 32.1. The lowest BCUT2D eigenvalue weighted by molar-refractivity contribution is 1.08. The fourth-order valence-electron chi connectivity index (χ4n) is 7.15. The SMILES string of the molecule is c1ccc(-c2ccc(-c3ccc(-c4nc(-c5ccccc5)nc(-c5cccc6sc7cc8ccc9ccccc9c8cc7c56)n4)cc3)cc2)cc1. The number of hydrogen-bond donors (Lipinski definition) is 0. The van der Waals surface area contributed by atoms with Crippen molar-refractivity contribution in [3.05, 3.63) is 176 Å². The van der Waals surface area contributed by atoms with Gasteiger partial charge in [-0.1, -0.05) is 158 Å². The molecule has 0 aliphatic rings. The van der Waals surface area contributed by atoms with Crippen molar-refractivity contribution in [2.45, 2.75) is 0 Å². The molecule has 0 unspecified atom stereocenters. The number of aromatic nitrogens is 3. The van der Waals surface area contributed by atoms with Gasteiger partial charge in [-0.15, -0.1) is 11.3 Å². The Bertz CT molecular complexity index is 2880. The van der Waals surface area contributed by atoms with Crippen LogP contribution in [0.2, 0.25) is 0 Å². The molecule has 3 nitrogen and oxygen atoms in total. The molecule has 0 amide bonds. The van der Waals surface area contributed by atoms with E-state index in [2.05, 4.69) is 152 Å². The second-order valence-electron chi connectivity index (χ2n) is 12.8. The van der Waals surface area contributed by atoms with Crippen molar-refractivity contribution < 1.29 is 0 Å². The first-order chi connectivity index (χ1) is 25.2. The minimum atomic E-state index is 0.651. The Labute approximate surface area is 299 Å². The quantitative estimate of drug-likeness (QED) is 0.171. The van der Waals surface area contributed by atoms with E-state index >= 15 is 0 Å². The minimum absolute atomic E-state index is 0.651. The predicted octanol–water partition coefficient (Wildman–Crippen LogP) is 12.9. The summed E-state index contributed by atoms with van der Waals surface area (Å²) in [7, 11) is 0. The molecule has 0 saturated carbocycles. The first-order valence-corrected chi connectivity index (χ1v) is 17.9. The summed E-state index contributed by atoms with van der Waals surface area (Å²) < 4.78 is 2.47. The van der Waals surface area contributed by atoms with E-state index in [0.717, 1.165) is 22.3 Å². The molecule has 4 heteroatoms. The van der Waals surface area contributed by atoms with Crippen LogP contribution in [0.5, 0.6) is 0 Å². The van der Waals surface area contributed by atoms with Crippen LogP contribution in [0.15, 0.2) is 176 Å². The molecule has 0 fully saturated rings. The van der Waals surface area contributed by atoms with E-state index in [1.54, 1.807) is 0 Å². The summed E-state index contributed by atoms with van der Waals surface area (Å²) in [6, 6.07) is 62.2. The lowest BCUT2D eigenvalue weighted by Gasteiger charge is -2.10. The van der Waals surface area contributed by atoms with Crippen LogP contribution >= 0.6 is 11.3 Å². The smallest absolute Gasteiger partial charge is 0.164 e. The van der Waals surface area contributed by atoms with Crippen molar-refractivity contribution in [3.63, 3.8) is 0 Å². The largest absolute Gasteiger partial charge is 0.208 e. The summed E-state index contributed by atoms with van der Waals surface area (Å²) >= 11 is 1.82. The number of thiophene rings is 1. The lowest BCUT2D eigenvalue weighted by Crippen LogP contribution is -2.00. The number of benzene rings is 8. The highest BCUT2D eigenvalue weighted by Crippen LogP contribution is 2.42. The number of fused-ring (bicyclic) bond motifs is 6. The summed E-state index contributed by atoms with van der Waals surface area (Å²) in [5.74, 6) is 1.98. The third-order valence-electron chi connectivity index (χ3n) is 9.74. The molecule has 8 aromatic carbocycles. The second kappa shape index (κ2) is 12.1. The Kier molecular flexibility index (Phi) is 7.00. The molecule has 0 N–H and O–H groups in total. The van der Waals surface area contributed by atoms with Gasteiger partial charge in [-0.3, -0.25) is 0 Å². The maximum atomic E-state index is 5.18. The van der Waals surface area contributed by atoms with Crippen LogP contribution in [0.4, 0.5) is 0 Å². The predicted molar refractivity (Wildman–Crippen MR) is 215 cm³/mol. The third kappa shape index (κ3) is 5.25. The van der Waals surface area contributed by atoms with Crippen LogP contribution in [-0.4, -0.2) is 15.0 Å². The number of rotatable bonds is 5. The summed E-state index contributed by atoms with van der Waals surface area (Å²) in [4.78, 5) is 15.3.